The fraction of sp³-hybridized carbons (Fsp3) is 0.125. The van der Waals surface area contributed by atoms with Crippen molar-refractivity contribution in [2.75, 3.05) is 11.6 Å². The van der Waals surface area contributed by atoms with Crippen LogP contribution in [0.3, 0.4) is 0 Å². The Labute approximate surface area is 151 Å². The number of para-hydroxylation sites is 1. The first kappa shape index (κ1) is 16.5. The number of anilines is 1. The summed E-state index contributed by atoms with van der Waals surface area (Å²) in [5.74, 6) is -0.129. The minimum Gasteiger partial charge on any atom is -0.320 e. The summed E-state index contributed by atoms with van der Waals surface area (Å²) in [6.07, 6.45) is 1.99. The largest absolute Gasteiger partial charge is 0.320 e. The Balaban J connectivity index is 1.87. The van der Waals surface area contributed by atoms with Gasteiger partial charge in [0.05, 0.1) is 20.6 Å². The van der Waals surface area contributed by atoms with Gasteiger partial charge in [-0.15, -0.1) is 34.4 Å². The third kappa shape index (κ3) is 3.61. The Hall–Kier alpha value is -1.34. The molecule has 23 heavy (non-hydrogen) atoms. The summed E-state index contributed by atoms with van der Waals surface area (Å²) in [7, 11) is 0. The van der Waals surface area contributed by atoms with Crippen molar-refractivity contribution in [3.63, 3.8) is 0 Å². The second-order valence-electron chi connectivity index (χ2n) is 4.69. The Morgan fingerprint density at radius 3 is 2.70 bits per heavy atom. The van der Waals surface area contributed by atoms with Gasteiger partial charge in [-0.05, 0) is 37.4 Å². The van der Waals surface area contributed by atoms with Gasteiger partial charge in [-0.25, -0.2) is 4.98 Å². The maximum absolute atomic E-state index is 12.6. The van der Waals surface area contributed by atoms with E-state index >= 15 is 0 Å². The quantitative estimate of drug-likeness (QED) is 0.581. The van der Waals surface area contributed by atoms with Crippen molar-refractivity contribution in [3.8, 4) is 9.88 Å². The minimum absolute atomic E-state index is 0.129. The Morgan fingerprint density at radius 2 is 2.00 bits per heavy atom. The Bertz CT molecular complexity index is 857. The van der Waals surface area contributed by atoms with Gasteiger partial charge in [-0.3, -0.25) is 4.79 Å². The molecule has 3 rings (SSSR count). The number of hydrogen-bond donors (Lipinski definition) is 1. The first-order valence-electron chi connectivity index (χ1n) is 6.76. The van der Waals surface area contributed by atoms with Crippen LogP contribution >= 0.6 is 46.0 Å². The number of thiazole rings is 1. The average molecular weight is 381 g/mol. The van der Waals surface area contributed by atoms with Crippen LogP contribution in [0.5, 0.6) is 0 Å². The van der Waals surface area contributed by atoms with E-state index in [2.05, 4.69) is 10.3 Å². The standard InChI is InChI=1S/C16H13ClN2OS3/c1-9-14(23-16(18-9)12-7-8-13(17)22-12)15(20)19-10-5-3-4-6-11(10)21-2/h3-8H,1-2H3,(H,19,20). The van der Waals surface area contributed by atoms with Crippen LogP contribution in [-0.2, 0) is 0 Å². The van der Waals surface area contributed by atoms with Gasteiger partial charge >= 0.3 is 0 Å². The number of halogens is 1. The minimum atomic E-state index is -0.129. The number of nitrogens with one attached hydrogen (secondary N) is 1. The molecule has 0 fully saturated rings. The summed E-state index contributed by atoms with van der Waals surface area (Å²) in [5, 5.41) is 3.80. The molecule has 2 heterocycles. The molecule has 1 amide bonds. The van der Waals surface area contributed by atoms with Gasteiger partial charge in [-0.2, -0.15) is 0 Å². The molecule has 1 aromatic carbocycles. The highest BCUT2D eigenvalue weighted by Gasteiger charge is 2.18. The summed E-state index contributed by atoms with van der Waals surface area (Å²) in [6, 6.07) is 11.5. The van der Waals surface area contributed by atoms with E-state index in [9.17, 15) is 4.79 Å². The van der Waals surface area contributed by atoms with E-state index < -0.39 is 0 Å². The molecule has 0 aliphatic carbocycles. The highest BCUT2D eigenvalue weighted by molar-refractivity contribution is 7.98. The Kier molecular flexibility index (Phi) is 5.06. The SMILES string of the molecule is CSc1ccccc1NC(=O)c1sc(-c2ccc(Cl)s2)nc1C. The highest BCUT2D eigenvalue weighted by Crippen LogP contribution is 2.35. The number of aromatic nitrogens is 1. The molecule has 3 nitrogen and oxygen atoms in total. The predicted molar refractivity (Wildman–Crippen MR) is 101 cm³/mol. The number of amides is 1. The number of benzene rings is 1. The molecular formula is C16H13ClN2OS3. The van der Waals surface area contributed by atoms with Crippen LogP contribution in [-0.4, -0.2) is 17.1 Å². The van der Waals surface area contributed by atoms with Crippen LogP contribution in [0, 0.1) is 6.92 Å². The van der Waals surface area contributed by atoms with Crippen LogP contribution in [0.15, 0.2) is 41.3 Å². The van der Waals surface area contributed by atoms with Crippen LogP contribution < -0.4 is 5.32 Å². The second-order valence-corrected chi connectivity index (χ2v) is 8.25. The first-order valence-corrected chi connectivity index (χ1v) is 9.99. The molecule has 3 aromatic rings. The Morgan fingerprint density at radius 1 is 1.22 bits per heavy atom. The molecule has 1 N–H and O–H groups in total. The molecule has 0 bridgehead atoms. The molecule has 0 unspecified atom stereocenters. The predicted octanol–water partition coefficient (Wildman–Crippen LogP) is 5.81. The van der Waals surface area contributed by atoms with Crippen molar-refractivity contribution in [2.45, 2.75) is 11.8 Å². The zero-order valence-corrected chi connectivity index (χ0v) is 15.6. The van der Waals surface area contributed by atoms with Gasteiger partial charge < -0.3 is 5.32 Å². The van der Waals surface area contributed by atoms with Gasteiger partial charge in [0.15, 0.2) is 0 Å². The number of thioether (sulfide) groups is 1. The number of aryl methyl sites for hydroxylation is 1. The molecule has 0 aliphatic heterocycles. The molecular weight excluding hydrogens is 368 g/mol. The zero-order valence-electron chi connectivity index (χ0n) is 12.4. The number of rotatable bonds is 4. The van der Waals surface area contributed by atoms with Gasteiger partial charge in [0, 0.05) is 4.90 Å². The molecule has 2 aromatic heterocycles. The zero-order chi connectivity index (χ0) is 16.4. The lowest BCUT2D eigenvalue weighted by Crippen LogP contribution is -2.12. The third-order valence-corrected chi connectivity index (χ3v) is 6.49. The summed E-state index contributed by atoms with van der Waals surface area (Å²) in [5.41, 5.74) is 1.55. The lowest BCUT2D eigenvalue weighted by atomic mass is 10.3. The summed E-state index contributed by atoms with van der Waals surface area (Å²) >= 11 is 10.4. The van der Waals surface area contributed by atoms with Crippen molar-refractivity contribution in [1.82, 2.24) is 4.98 Å². The monoisotopic (exact) mass is 380 g/mol. The molecule has 0 spiro atoms. The molecule has 0 saturated heterocycles. The van der Waals surface area contributed by atoms with Crippen molar-refractivity contribution >= 4 is 57.6 Å². The fourth-order valence-corrected chi connectivity index (χ4v) is 4.68. The van der Waals surface area contributed by atoms with E-state index in [1.807, 2.05) is 49.6 Å². The molecule has 0 atom stereocenters. The van der Waals surface area contributed by atoms with Crippen molar-refractivity contribution in [3.05, 3.63) is 51.3 Å². The van der Waals surface area contributed by atoms with Gasteiger partial charge in [0.25, 0.3) is 5.91 Å². The van der Waals surface area contributed by atoms with Crippen LogP contribution in [0.1, 0.15) is 15.4 Å². The van der Waals surface area contributed by atoms with E-state index in [0.29, 0.717) is 9.21 Å². The lowest BCUT2D eigenvalue weighted by Gasteiger charge is -2.08. The maximum atomic E-state index is 12.6. The van der Waals surface area contributed by atoms with Crippen molar-refractivity contribution in [1.29, 1.82) is 0 Å². The molecule has 118 valence electrons. The number of carbonyl (C=O) groups is 1. The number of carbonyl (C=O) groups excluding carboxylic acids is 1. The average Bonchev–Trinajstić information content (AvgIpc) is 3.13. The number of nitrogens with zero attached hydrogens (tertiary/aromatic N) is 1. The summed E-state index contributed by atoms with van der Waals surface area (Å²) < 4.78 is 0.716. The number of hydrogen-bond acceptors (Lipinski definition) is 5. The van der Waals surface area contributed by atoms with Crippen molar-refractivity contribution < 1.29 is 4.79 Å². The fourth-order valence-electron chi connectivity index (χ4n) is 2.07. The topological polar surface area (TPSA) is 42.0 Å². The van der Waals surface area contributed by atoms with Gasteiger partial charge in [0.2, 0.25) is 0 Å². The van der Waals surface area contributed by atoms with Crippen LogP contribution in [0.2, 0.25) is 4.34 Å². The molecule has 0 aliphatic rings. The number of thiophene rings is 1. The van der Waals surface area contributed by atoms with E-state index in [4.69, 9.17) is 11.6 Å². The normalized spacial score (nSPS) is 10.7. The van der Waals surface area contributed by atoms with Crippen LogP contribution in [0.4, 0.5) is 5.69 Å². The van der Waals surface area contributed by atoms with E-state index in [-0.39, 0.29) is 5.91 Å². The smallest absolute Gasteiger partial charge is 0.267 e. The third-order valence-electron chi connectivity index (χ3n) is 3.14. The molecule has 0 radical (unpaired) electrons. The van der Waals surface area contributed by atoms with Gasteiger partial charge in [0.1, 0.15) is 9.88 Å². The van der Waals surface area contributed by atoms with E-state index in [1.54, 1.807) is 11.8 Å². The first-order chi connectivity index (χ1) is 11.1. The second kappa shape index (κ2) is 7.05. The highest BCUT2D eigenvalue weighted by atomic mass is 35.5. The van der Waals surface area contributed by atoms with E-state index in [1.165, 1.54) is 22.7 Å². The maximum Gasteiger partial charge on any atom is 0.267 e. The van der Waals surface area contributed by atoms with Gasteiger partial charge in [-0.1, -0.05) is 23.7 Å². The van der Waals surface area contributed by atoms with Crippen LogP contribution in [0.25, 0.3) is 9.88 Å². The van der Waals surface area contributed by atoms with E-state index in [0.717, 1.165) is 26.2 Å². The molecule has 0 saturated carbocycles. The summed E-state index contributed by atoms with van der Waals surface area (Å²) in [4.78, 5) is 19.7. The lowest BCUT2D eigenvalue weighted by molar-refractivity contribution is 0.102. The summed E-state index contributed by atoms with van der Waals surface area (Å²) in [6.45, 7) is 1.85. The molecule has 7 heteroatoms. The van der Waals surface area contributed by atoms with Crippen molar-refractivity contribution in [2.24, 2.45) is 0 Å².